The third kappa shape index (κ3) is 4.79. The van der Waals surface area contributed by atoms with Crippen molar-refractivity contribution in [1.29, 1.82) is 0 Å². The molecule has 5 rings (SSSR count). The molecule has 0 fully saturated rings. The van der Waals surface area contributed by atoms with Crippen molar-refractivity contribution in [2.75, 3.05) is 0 Å². The summed E-state index contributed by atoms with van der Waals surface area (Å²) >= 11 is 0. The number of hydrogen-bond acceptors (Lipinski definition) is 6. The zero-order valence-electron chi connectivity index (χ0n) is 19.2. The van der Waals surface area contributed by atoms with Crippen molar-refractivity contribution in [3.63, 3.8) is 0 Å². The van der Waals surface area contributed by atoms with Crippen molar-refractivity contribution in [1.82, 2.24) is 25.5 Å². The van der Waals surface area contributed by atoms with E-state index < -0.39 is 6.04 Å². The molecule has 2 aromatic heterocycles. The summed E-state index contributed by atoms with van der Waals surface area (Å²) in [6.45, 7) is 3.63. The molecule has 1 aliphatic heterocycles. The largest absolute Gasteiger partial charge is 0.385 e. The van der Waals surface area contributed by atoms with Gasteiger partial charge >= 0.3 is 0 Å². The molecule has 1 unspecified atom stereocenters. The van der Waals surface area contributed by atoms with Crippen LogP contribution in [0.2, 0.25) is 0 Å². The standard InChI is InChI=1S/C26H23FN6O2/c1-15-6-7-20(21(27)9-15)17-10-18(23-13-24(35-33-23)22-5-3-4-8-28-22)12-19(11-17)26(34)31-16(2)25-29-14-30-32-25/h3-12,14,16,24H,13H2,1-2H3,(H,31,34)(H,29,30,32)/t16-,24?/m1/s1. The third-order valence-corrected chi connectivity index (χ3v) is 5.84. The topological polar surface area (TPSA) is 105 Å². The van der Waals surface area contributed by atoms with Gasteiger partial charge in [-0.15, -0.1) is 0 Å². The molecular formula is C26H23FN6O2. The zero-order chi connectivity index (χ0) is 24.4. The maximum absolute atomic E-state index is 14.9. The van der Waals surface area contributed by atoms with Crippen LogP contribution in [0.15, 0.2) is 72.3 Å². The van der Waals surface area contributed by atoms with Crippen LogP contribution in [-0.4, -0.2) is 31.8 Å². The summed E-state index contributed by atoms with van der Waals surface area (Å²) in [7, 11) is 0. The summed E-state index contributed by atoms with van der Waals surface area (Å²) in [5, 5.41) is 13.8. The highest BCUT2D eigenvalue weighted by Crippen LogP contribution is 2.32. The lowest BCUT2D eigenvalue weighted by atomic mass is 9.94. The summed E-state index contributed by atoms with van der Waals surface area (Å²) in [6, 6.07) is 15.5. The van der Waals surface area contributed by atoms with Gasteiger partial charge in [0.25, 0.3) is 5.91 Å². The summed E-state index contributed by atoms with van der Waals surface area (Å²) in [4.78, 5) is 27.3. The van der Waals surface area contributed by atoms with Crippen LogP contribution in [0.4, 0.5) is 4.39 Å². The molecule has 1 amide bonds. The first-order chi connectivity index (χ1) is 17.0. The summed E-state index contributed by atoms with van der Waals surface area (Å²) in [5.74, 6) is -0.157. The first-order valence-electron chi connectivity index (χ1n) is 11.2. The van der Waals surface area contributed by atoms with Crippen LogP contribution in [0.25, 0.3) is 11.1 Å². The number of benzene rings is 2. The number of aryl methyl sites for hydroxylation is 1. The Bertz CT molecular complexity index is 1390. The first kappa shape index (κ1) is 22.4. The predicted octanol–water partition coefficient (Wildman–Crippen LogP) is 4.67. The Morgan fingerprint density at radius 2 is 2.00 bits per heavy atom. The van der Waals surface area contributed by atoms with Gasteiger partial charge in [0.1, 0.15) is 18.0 Å². The minimum Gasteiger partial charge on any atom is -0.385 e. The smallest absolute Gasteiger partial charge is 0.251 e. The number of rotatable bonds is 6. The fourth-order valence-electron chi connectivity index (χ4n) is 3.98. The Balaban J connectivity index is 1.49. The predicted molar refractivity (Wildman–Crippen MR) is 128 cm³/mol. The molecule has 0 bridgehead atoms. The molecule has 35 heavy (non-hydrogen) atoms. The molecule has 0 saturated carbocycles. The van der Waals surface area contributed by atoms with Gasteiger partial charge in [-0.1, -0.05) is 23.4 Å². The van der Waals surface area contributed by atoms with E-state index in [1.165, 1.54) is 12.4 Å². The lowest BCUT2D eigenvalue weighted by molar-refractivity contribution is 0.0826. The van der Waals surface area contributed by atoms with Gasteiger partial charge in [0.05, 0.1) is 17.4 Å². The van der Waals surface area contributed by atoms with Crippen molar-refractivity contribution in [2.24, 2.45) is 5.16 Å². The average Bonchev–Trinajstić information content (AvgIpc) is 3.57. The highest BCUT2D eigenvalue weighted by Gasteiger charge is 2.26. The number of aromatic amines is 1. The van der Waals surface area contributed by atoms with Gasteiger partial charge in [0.2, 0.25) is 0 Å². The number of pyridine rings is 1. The van der Waals surface area contributed by atoms with Crippen LogP contribution in [-0.2, 0) is 4.84 Å². The Morgan fingerprint density at radius 1 is 1.14 bits per heavy atom. The summed E-state index contributed by atoms with van der Waals surface area (Å²) < 4.78 is 14.9. The zero-order valence-corrected chi connectivity index (χ0v) is 19.2. The van der Waals surface area contributed by atoms with E-state index in [2.05, 4.69) is 30.6 Å². The minimum absolute atomic E-state index is 0.324. The lowest BCUT2D eigenvalue weighted by Crippen LogP contribution is -2.27. The second kappa shape index (κ2) is 9.46. The van der Waals surface area contributed by atoms with E-state index in [0.29, 0.717) is 40.2 Å². The maximum Gasteiger partial charge on any atom is 0.251 e. The van der Waals surface area contributed by atoms with Gasteiger partial charge in [0.15, 0.2) is 6.10 Å². The molecule has 8 nitrogen and oxygen atoms in total. The van der Waals surface area contributed by atoms with Crippen LogP contribution in [0.1, 0.15) is 58.5 Å². The van der Waals surface area contributed by atoms with Crippen LogP contribution in [0.3, 0.4) is 0 Å². The van der Waals surface area contributed by atoms with Gasteiger partial charge in [-0.3, -0.25) is 14.9 Å². The highest BCUT2D eigenvalue weighted by atomic mass is 19.1. The molecule has 1 aliphatic rings. The molecule has 3 heterocycles. The van der Waals surface area contributed by atoms with Crippen LogP contribution < -0.4 is 5.32 Å². The van der Waals surface area contributed by atoms with Crippen molar-refractivity contribution in [2.45, 2.75) is 32.4 Å². The summed E-state index contributed by atoms with van der Waals surface area (Å²) in [5.41, 5.74) is 4.26. The van der Waals surface area contributed by atoms with Crippen molar-refractivity contribution < 1.29 is 14.0 Å². The molecule has 2 atom stereocenters. The number of halogens is 1. The maximum atomic E-state index is 14.9. The molecule has 176 valence electrons. The minimum atomic E-state index is -0.395. The van der Waals surface area contributed by atoms with Gasteiger partial charge in [-0.25, -0.2) is 9.37 Å². The van der Waals surface area contributed by atoms with E-state index in [-0.39, 0.29) is 17.8 Å². The van der Waals surface area contributed by atoms with Gasteiger partial charge in [-0.2, -0.15) is 5.10 Å². The number of aromatic nitrogens is 4. The fraction of sp³-hybridized carbons (Fsp3) is 0.192. The SMILES string of the molecule is Cc1ccc(-c2cc(C(=O)N[C@H](C)c3ncn[nH]3)cc(C3=NOC(c4ccccn4)C3)c2)c(F)c1. The molecule has 2 N–H and O–H groups in total. The molecule has 4 aromatic rings. The number of carbonyl (C=O) groups excluding carboxylic acids is 1. The number of amides is 1. The monoisotopic (exact) mass is 470 g/mol. The number of H-pyrrole nitrogens is 1. The van der Waals surface area contributed by atoms with E-state index in [0.717, 1.165) is 11.3 Å². The number of nitrogens with one attached hydrogen (secondary N) is 2. The molecule has 0 spiro atoms. The van der Waals surface area contributed by atoms with Gasteiger partial charge < -0.3 is 10.2 Å². The van der Waals surface area contributed by atoms with E-state index in [9.17, 15) is 9.18 Å². The highest BCUT2D eigenvalue weighted by molar-refractivity contribution is 6.05. The third-order valence-electron chi connectivity index (χ3n) is 5.84. The second-order valence-corrected chi connectivity index (χ2v) is 8.44. The van der Waals surface area contributed by atoms with Crippen LogP contribution in [0.5, 0.6) is 0 Å². The second-order valence-electron chi connectivity index (χ2n) is 8.44. The quantitative estimate of drug-likeness (QED) is 0.426. The first-order valence-corrected chi connectivity index (χ1v) is 11.2. The lowest BCUT2D eigenvalue weighted by Gasteiger charge is -2.14. The molecule has 9 heteroatoms. The Morgan fingerprint density at radius 3 is 2.74 bits per heavy atom. The van der Waals surface area contributed by atoms with Gasteiger partial charge in [-0.05, 0) is 61.4 Å². The Kier molecular flexibility index (Phi) is 6.05. The van der Waals surface area contributed by atoms with Crippen molar-refractivity contribution in [3.05, 3.63) is 101 Å². The number of nitrogens with zero attached hydrogens (tertiary/aromatic N) is 4. The summed E-state index contributed by atoms with van der Waals surface area (Å²) in [6.07, 6.45) is 3.24. The molecular weight excluding hydrogens is 447 g/mol. The number of hydrogen-bond donors (Lipinski definition) is 2. The van der Waals surface area contributed by atoms with E-state index in [1.54, 1.807) is 31.3 Å². The van der Waals surface area contributed by atoms with E-state index in [1.807, 2.05) is 37.3 Å². The molecule has 2 aromatic carbocycles. The number of carbonyl (C=O) groups is 1. The van der Waals surface area contributed by atoms with Crippen LogP contribution >= 0.6 is 0 Å². The van der Waals surface area contributed by atoms with Crippen LogP contribution in [0, 0.1) is 12.7 Å². The normalized spacial score (nSPS) is 15.9. The molecule has 0 saturated heterocycles. The Labute approximate surface area is 201 Å². The average molecular weight is 471 g/mol. The Hall–Kier alpha value is -4.40. The fourth-order valence-corrected chi connectivity index (χ4v) is 3.98. The van der Waals surface area contributed by atoms with E-state index in [4.69, 9.17) is 4.84 Å². The van der Waals surface area contributed by atoms with Crippen molar-refractivity contribution in [3.8, 4) is 11.1 Å². The number of oxime groups is 1. The molecule has 0 radical (unpaired) electrons. The van der Waals surface area contributed by atoms with Crippen molar-refractivity contribution >= 4 is 11.6 Å². The van der Waals surface area contributed by atoms with Gasteiger partial charge in [0, 0.05) is 29.3 Å². The van der Waals surface area contributed by atoms with E-state index >= 15 is 0 Å². The molecule has 0 aliphatic carbocycles.